The van der Waals surface area contributed by atoms with Crippen LogP contribution < -0.4 is 4.74 Å². The van der Waals surface area contributed by atoms with Crippen LogP contribution in [0, 0.1) is 0 Å². The highest BCUT2D eigenvalue weighted by Gasteiger charge is 2.21. The van der Waals surface area contributed by atoms with Crippen molar-refractivity contribution < 1.29 is 14.6 Å². The van der Waals surface area contributed by atoms with Crippen molar-refractivity contribution in [2.24, 2.45) is 0 Å². The highest BCUT2D eigenvalue weighted by molar-refractivity contribution is 5.76. The van der Waals surface area contributed by atoms with Gasteiger partial charge in [-0.1, -0.05) is 18.2 Å². The maximum Gasteiger partial charge on any atom is 0.222 e. The van der Waals surface area contributed by atoms with E-state index in [2.05, 4.69) is 0 Å². The molecule has 1 aromatic carbocycles. The van der Waals surface area contributed by atoms with E-state index in [1.165, 1.54) is 0 Å². The van der Waals surface area contributed by atoms with Gasteiger partial charge in [0.2, 0.25) is 5.91 Å². The molecule has 4 heteroatoms. The van der Waals surface area contributed by atoms with Gasteiger partial charge in [0.1, 0.15) is 5.75 Å². The predicted molar refractivity (Wildman–Crippen MR) is 84.5 cm³/mol. The van der Waals surface area contributed by atoms with Crippen molar-refractivity contribution in [2.75, 3.05) is 19.7 Å². The van der Waals surface area contributed by atoms with Crippen LogP contribution in [-0.4, -0.2) is 41.2 Å². The number of likely N-dealkylation sites (N-methyl/N-ethyl adjacent to an activating group) is 1. The number of rotatable bonds is 8. The number of para-hydroxylation sites is 1. The summed E-state index contributed by atoms with van der Waals surface area (Å²) in [6.07, 6.45) is 1.07. The van der Waals surface area contributed by atoms with Crippen molar-refractivity contribution in [1.29, 1.82) is 0 Å². The maximum atomic E-state index is 12.3. The molecule has 0 saturated heterocycles. The lowest BCUT2D eigenvalue weighted by molar-refractivity contribution is -0.133. The standard InChI is InChI=1S/C17H27NO3/c1-5-18(13-17(3,4)20)16(19)12-11-14-9-7-8-10-15(14)21-6-2/h7-10,20H,5-6,11-13H2,1-4H3. The lowest BCUT2D eigenvalue weighted by Gasteiger charge is -2.28. The molecule has 0 aliphatic heterocycles. The number of aryl methyl sites for hydroxylation is 1. The second-order valence-electron chi connectivity index (χ2n) is 5.76. The SMILES string of the molecule is CCOc1ccccc1CCC(=O)N(CC)CC(C)(C)O. The molecule has 1 rings (SSSR count). The van der Waals surface area contributed by atoms with Crippen LogP contribution in [0.3, 0.4) is 0 Å². The van der Waals surface area contributed by atoms with Gasteiger partial charge in [-0.05, 0) is 45.7 Å². The number of nitrogens with zero attached hydrogens (tertiary/aromatic N) is 1. The molecule has 21 heavy (non-hydrogen) atoms. The zero-order chi connectivity index (χ0) is 15.9. The average molecular weight is 293 g/mol. The molecule has 0 heterocycles. The van der Waals surface area contributed by atoms with E-state index in [4.69, 9.17) is 4.74 Å². The quantitative estimate of drug-likeness (QED) is 0.801. The van der Waals surface area contributed by atoms with Crippen LogP contribution in [0.5, 0.6) is 5.75 Å². The number of hydrogen-bond donors (Lipinski definition) is 1. The maximum absolute atomic E-state index is 12.3. The summed E-state index contributed by atoms with van der Waals surface area (Å²) < 4.78 is 5.57. The molecule has 0 radical (unpaired) electrons. The minimum atomic E-state index is -0.866. The summed E-state index contributed by atoms with van der Waals surface area (Å²) in [7, 11) is 0. The molecule has 1 amide bonds. The van der Waals surface area contributed by atoms with E-state index in [0.29, 0.717) is 32.5 Å². The van der Waals surface area contributed by atoms with Gasteiger partial charge in [0.15, 0.2) is 0 Å². The lowest BCUT2D eigenvalue weighted by Crippen LogP contribution is -2.42. The number of carbonyl (C=O) groups excluding carboxylic acids is 1. The van der Waals surface area contributed by atoms with Crippen LogP contribution >= 0.6 is 0 Å². The Morgan fingerprint density at radius 2 is 1.95 bits per heavy atom. The van der Waals surface area contributed by atoms with Gasteiger partial charge >= 0.3 is 0 Å². The molecular weight excluding hydrogens is 266 g/mol. The van der Waals surface area contributed by atoms with Gasteiger partial charge in [-0.2, -0.15) is 0 Å². The normalized spacial score (nSPS) is 11.3. The molecular formula is C17H27NO3. The molecule has 0 unspecified atom stereocenters. The van der Waals surface area contributed by atoms with Crippen LogP contribution in [0.25, 0.3) is 0 Å². The number of amides is 1. The fourth-order valence-electron chi connectivity index (χ4n) is 2.25. The molecule has 0 aliphatic rings. The van der Waals surface area contributed by atoms with E-state index in [1.807, 2.05) is 38.1 Å². The Kier molecular flexibility index (Phi) is 6.69. The Morgan fingerprint density at radius 1 is 1.29 bits per heavy atom. The van der Waals surface area contributed by atoms with Gasteiger partial charge < -0.3 is 14.7 Å². The number of aliphatic hydroxyl groups is 1. The number of ether oxygens (including phenoxy) is 1. The summed E-state index contributed by atoms with van der Waals surface area (Å²) >= 11 is 0. The van der Waals surface area contributed by atoms with Crippen LogP contribution in [0.1, 0.15) is 39.7 Å². The Balaban J connectivity index is 2.63. The van der Waals surface area contributed by atoms with Gasteiger partial charge in [0.25, 0.3) is 0 Å². The van der Waals surface area contributed by atoms with E-state index in [1.54, 1.807) is 18.7 Å². The molecule has 0 bridgehead atoms. The van der Waals surface area contributed by atoms with E-state index in [9.17, 15) is 9.90 Å². The molecule has 1 N–H and O–H groups in total. The Bertz CT molecular complexity index is 452. The minimum absolute atomic E-state index is 0.0610. The molecule has 4 nitrogen and oxygen atoms in total. The summed E-state index contributed by atoms with van der Waals surface area (Å²) in [6.45, 7) is 8.89. The summed E-state index contributed by atoms with van der Waals surface area (Å²) in [4.78, 5) is 14.0. The average Bonchev–Trinajstić information content (AvgIpc) is 2.43. The molecule has 0 atom stereocenters. The second-order valence-corrected chi connectivity index (χ2v) is 5.76. The Labute approximate surface area is 127 Å². The first-order valence-electron chi connectivity index (χ1n) is 7.58. The summed E-state index contributed by atoms with van der Waals surface area (Å²) in [5.41, 5.74) is 0.182. The van der Waals surface area contributed by atoms with E-state index in [-0.39, 0.29) is 5.91 Å². The van der Waals surface area contributed by atoms with Crippen LogP contribution in [0.4, 0.5) is 0 Å². The summed E-state index contributed by atoms with van der Waals surface area (Å²) in [5, 5.41) is 9.85. The van der Waals surface area contributed by atoms with Crippen molar-refractivity contribution in [3.05, 3.63) is 29.8 Å². The van der Waals surface area contributed by atoms with Crippen LogP contribution in [-0.2, 0) is 11.2 Å². The zero-order valence-corrected chi connectivity index (χ0v) is 13.6. The van der Waals surface area contributed by atoms with Gasteiger partial charge in [-0.15, -0.1) is 0 Å². The Hall–Kier alpha value is -1.55. The molecule has 1 aromatic rings. The fraction of sp³-hybridized carbons (Fsp3) is 0.588. The molecule has 118 valence electrons. The van der Waals surface area contributed by atoms with Gasteiger partial charge in [0.05, 0.1) is 12.2 Å². The third-order valence-corrected chi connectivity index (χ3v) is 3.19. The molecule has 0 fully saturated rings. The third kappa shape index (κ3) is 6.17. The van der Waals surface area contributed by atoms with Gasteiger partial charge in [-0.3, -0.25) is 4.79 Å². The van der Waals surface area contributed by atoms with Crippen LogP contribution in [0.15, 0.2) is 24.3 Å². The molecule has 0 saturated carbocycles. The largest absolute Gasteiger partial charge is 0.494 e. The van der Waals surface area contributed by atoms with Crippen molar-refractivity contribution in [1.82, 2.24) is 4.90 Å². The highest BCUT2D eigenvalue weighted by Crippen LogP contribution is 2.20. The van der Waals surface area contributed by atoms with E-state index in [0.717, 1.165) is 11.3 Å². The van der Waals surface area contributed by atoms with E-state index >= 15 is 0 Å². The zero-order valence-electron chi connectivity index (χ0n) is 13.6. The third-order valence-electron chi connectivity index (χ3n) is 3.19. The van der Waals surface area contributed by atoms with Gasteiger partial charge in [0, 0.05) is 19.5 Å². The van der Waals surface area contributed by atoms with Gasteiger partial charge in [-0.25, -0.2) is 0 Å². The number of benzene rings is 1. The smallest absolute Gasteiger partial charge is 0.222 e. The van der Waals surface area contributed by atoms with Crippen LogP contribution in [0.2, 0.25) is 0 Å². The first-order valence-corrected chi connectivity index (χ1v) is 7.58. The fourth-order valence-corrected chi connectivity index (χ4v) is 2.25. The minimum Gasteiger partial charge on any atom is -0.494 e. The number of hydrogen-bond acceptors (Lipinski definition) is 3. The summed E-state index contributed by atoms with van der Waals surface area (Å²) in [5.74, 6) is 0.907. The molecule has 0 aromatic heterocycles. The molecule has 0 spiro atoms. The van der Waals surface area contributed by atoms with Crippen molar-refractivity contribution in [3.63, 3.8) is 0 Å². The monoisotopic (exact) mass is 293 g/mol. The summed E-state index contributed by atoms with van der Waals surface area (Å²) in [6, 6.07) is 7.81. The molecule has 0 aliphatic carbocycles. The second kappa shape index (κ2) is 8.03. The first kappa shape index (κ1) is 17.5. The van der Waals surface area contributed by atoms with Crippen molar-refractivity contribution >= 4 is 5.91 Å². The lowest BCUT2D eigenvalue weighted by atomic mass is 10.1. The van der Waals surface area contributed by atoms with Crippen molar-refractivity contribution in [3.8, 4) is 5.75 Å². The van der Waals surface area contributed by atoms with E-state index < -0.39 is 5.60 Å². The van der Waals surface area contributed by atoms with Crippen molar-refractivity contribution in [2.45, 2.75) is 46.1 Å². The topological polar surface area (TPSA) is 49.8 Å². The Morgan fingerprint density at radius 3 is 2.52 bits per heavy atom. The number of carbonyl (C=O) groups is 1. The first-order chi connectivity index (χ1) is 9.87. The highest BCUT2D eigenvalue weighted by atomic mass is 16.5. The predicted octanol–water partition coefficient (Wildman–Crippen LogP) is 2.64.